The third kappa shape index (κ3) is 7.36. The first-order valence-electron chi connectivity index (χ1n) is 12.9. The number of methoxy groups -OCH3 is 1. The molecule has 5 rings (SSSR count). The van der Waals surface area contributed by atoms with Gasteiger partial charge in [-0.3, -0.25) is 9.71 Å². The van der Waals surface area contributed by atoms with E-state index in [1.54, 1.807) is 18.3 Å². The van der Waals surface area contributed by atoms with Crippen LogP contribution >= 0.6 is 0 Å². The van der Waals surface area contributed by atoms with Crippen LogP contribution in [0.3, 0.4) is 0 Å². The summed E-state index contributed by atoms with van der Waals surface area (Å²) in [5, 5.41) is 20.9. The van der Waals surface area contributed by atoms with E-state index in [1.165, 1.54) is 19.4 Å². The molecule has 0 aliphatic carbocycles. The number of sulfonamides is 1. The summed E-state index contributed by atoms with van der Waals surface area (Å²) in [5.74, 6) is -5.29. The Morgan fingerprint density at radius 3 is 2.29 bits per heavy atom. The number of benzene rings is 2. The van der Waals surface area contributed by atoms with Crippen molar-refractivity contribution in [1.82, 2.24) is 15.3 Å². The second kappa shape index (κ2) is 13.3. The Bertz CT molecular complexity index is 1870. The topological polar surface area (TPSA) is 158 Å². The van der Waals surface area contributed by atoms with Crippen LogP contribution in [0.4, 0.5) is 33.3 Å². The molecule has 1 aliphatic heterocycles. The zero-order chi connectivity index (χ0) is 32.9. The molecule has 3 heterocycles. The van der Waals surface area contributed by atoms with Crippen LogP contribution in [0, 0.1) is 23.0 Å². The predicted octanol–water partition coefficient (Wildman–Crippen LogP) is 4.30. The highest BCUT2D eigenvalue weighted by Gasteiger charge is 2.38. The number of hydrogen-bond acceptors (Lipinski definition) is 9. The van der Waals surface area contributed by atoms with Gasteiger partial charge in [-0.25, -0.2) is 27.0 Å². The van der Waals surface area contributed by atoms with Gasteiger partial charge in [-0.2, -0.15) is 18.4 Å². The highest BCUT2D eigenvalue weighted by molar-refractivity contribution is 7.92. The quantitative estimate of drug-likeness (QED) is 0.257. The van der Waals surface area contributed by atoms with E-state index in [1.807, 2.05) is 6.07 Å². The normalized spacial score (nSPS) is 13.4. The SMILES string of the molecule is COc1ncc(-c2ccc3ncc(C#N)c(N4CCNCC4)c3c2)cc1NS(=O)(=O)c1c(F)cccc1F.O=C(O)C(F)(F)F. The summed E-state index contributed by atoms with van der Waals surface area (Å²) >= 11 is 0. The number of nitrogens with one attached hydrogen (secondary N) is 2. The zero-order valence-corrected chi connectivity index (χ0v) is 24.0. The second-order valence-electron chi connectivity index (χ2n) is 9.34. The van der Waals surface area contributed by atoms with Gasteiger partial charge < -0.3 is 20.1 Å². The van der Waals surface area contributed by atoms with Gasteiger partial charge in [-0.05, 0) is 35.9 Å². The molecule has 2 aromatic carbocycles. The summed E-state index contributed by atoms with van der Waals surface area (Å²) in [7, 11) is -3.35. The van der Waals surface area contributed by atoms with Crippen LogP contribution in [0.2, 0.25) is 0 Å². The molecule has 1 aliphatic rings. The van der Waals surface area contributed by atoms with Gasteiger partial charge in [0.1, 0.15) is 23.4 Å². The minimum Gasteiger partial charge on any atom is -0.480 e. The number of halogens is 5. The van der Waals surface area contributed by atoms with Gasteiger partial charge in [0.25, 0.3) is 10.0 Å². The van der Waals surface area contributed by atoms with E-state index in [9.17, 15) is 35.6 Å². The molecule has 11 nitrogen and oxygen atoms in total. The molecule has 45 heavy (non-hydrogen) atoms. The van der Waals surface area contributed by atoms with Crippen LogP contribution < -0.4 is 19.7 Å². The number of ether oxygens (including phenoxy) is 1. The third-order valence-corrected chi connectivity index (χ3v) is 7.86. The standard InChI is InChI=1S/C26H22F2N6O3S.C2HF3O2/c1-37-26-23(33-38(35,36)25-20(27)3-2-4-21(25)28)12-17(14-32-26)16-5-6-22-19(11-16)24(18(13-29)15-31-22)34-9-7-30-8-10-34;3-2(4,5)1(6)7/h2-6,11-12,14-15,30,33H,7-10H2,1H3;(H,6,7). The van der Waals surface area contributed by atoms with Crippen molar-refractivity contribution in [1.29, 1.82) is 5.26 Å². The fourth-order valence-corrected chi connectivity index (χ4v) is 5.64. The molecule has 4 aromatic rings. The average molecular weight is 651 g/mol. The van der Waals surface area contributed by atoms with E-state index in [0.717, 1.165) is 55.5 Å². The van der Waals surface area contributed by atoms with Crippen molar-refractivity contribution in [2.45, 2.75) is 11.1 Å². The Morgan fingerprint density at radius 1 is 1.07 bits per heavy atom. The number of anilines is 2. The summed E-state index contributed by atoms with van der Waals surface area (Å²) < 4.78 is 93.4. The van der Waals surface area contributed by atoms with E-state index >= 15 is 0 Å². The van der Waals surface area contributed by atoms with Crippen molar-refractivity contribution in [3.8, 4) is 23.1 Å². The van der Waals surface area contributed by atoms with E-state index in [4.69, 9.17) is 14.6 Å². The molecule has 17 heteroatoms. The van der Waals surface area contributed by atoms with Crippen molar-refractivity contribution in [3.05, 3.63) is 72.1 Å². The van der Waals surface area contributed by atoms with Crippen molar-refractivity contribution < 1.29 is 45.0 Å². The Balaban J connectivity index is 0.000000591. The van der Waals surface area contributed by atoms with E-state index in [-0.39, 0.29) is 11.6 Å². The molecule has 1 fully saturated rings. The minimum atomic E-state index is -5.08. The third-order valence-electron chi connectivity index (χ3n) is 6.45. The number of pyridine rings is 2. The predicted molar refractivity (Wildman–Crippen MR) is 152 cm³/mol. The summed E-state index contributed by atoms with van der Waals surface area (Å²) in [6.45, 7) is 3.01. The number of aliphatic carboxylic acids is 1. The molecule has 0 bridgehead atoms. The maximum atomic E-state index is 14.2. The summed E-state index contributed by atoms with van der Waals surface area (Å²) in [4.78, 5) is 18.6. The zero-order valence-electron chi connectivity index (χ0n) is 23.2. The lowest BCUT2D eigenvalue weighted by atomic mass is 10.0. The van der Waals surface area contributed by atoms with Crippen molar-refractivity contribution >= 4 is 38.3 Å². The van der Waals surface area contributed by atoms with Crippen LogP contribution in [0.25, 0.3) is 22.0 Å². The number of carboxylic acid groups (broad SMARTS) is 1. The number of carbonyl (C=O) groups is 1. The molecule has 0 saturated carbocycles. The van der Waals surface area contributed by atoms with Gasteiger partial charge in [-0.15, -0.1) is 0 Å². The van der Waals surface area contributed by atoms with Crippen molar-refractivity contribution in [2.24, 2.45) is 0 Å². The maximum absolute atomic E-state index is 14.2. The minimum absolute atomic E-state index is 0.0789. The Morgan fingerprint density at radius 2 is 1.71 bits per heavy atom. The maximum Gasteiger partial charge on any atom is 0.490 e. The average Bonchev–Trinajstić information content (AvgIpc) is 3.00. The smallest absolute Gasteiger partial charge is 0.480 e. The van der Waals surface area contributed by atoms with E-state index in [2.05, 4.69) is 31.0 Å². The number of carboxylic acids is 1. The number of nitriles is 1. The lowest BCUT2D eigenvalue weighted by Crippen LogP contribution is -2.43. The van der Waals surface area contributed by atoms with Gasteiger partial charge in [0, 0.05) is 49.5 Å². The molecule has 1 saturated heterocycles. The second-order valence-corrected chi connectivity index (χ2v) is 11.0. The number of piperazine rings is 1. The largest absolute Gasteiger partial charge is 0.490 e. The monoisotopic (exact) mass is 650 g/mol. The highest BCUT2D eigenvalue weighted by atomic mass is 32.2. The van der Waals surface area contributed by atoms with E-state index < -0.39 is 38.7 Å². The Labute approximate surface area is 252 Å². The molecular formula is C28H23F5N6O5S. The summed E-state index contributed by atoms with van der Waals surface area (Å²) in [5.41, 5.74) is 2.99. The number of hydrogen-bond donors (Lipinski definition) is 3. The van der Waals surface area contributed by atoms with Crippen LogP contribution in [0.1, 0.15) is 5.56 Å². The summed E-state index contributed by atoms with van der Waals surface area (Å²) in [6, 6.07) is 11.9. The van der Waals surface area contributed by atoms with Gasteiger partial charge in [0.15, 0.2) is 4.90 Å². The molecule has 0 atom stereocenters. The number of fused-ring (bicyclic) bond motifs is 1. The molecule has 0 amide bonds. The first-order valence-corrected chi connectivity index (χ1v) is 14.3. The Hall–Kier alpha value is -5.08. The van der Waals surface area contributed by atoms with Crippen LogP contribution in [0.5, 0.6) is 5.88 Å². The fraction of sp³-hybridized carbons (Fsp3) is 0.214. The molecule has 3 N–H and O–H groups in total. The van der Waals surface area contributed by atoms with Gasteiger partial charge in [0.05, 0.1) is 23.9 Å². The number of rotatable bonds is 6. The molecule has 0 spiro atoms. The number of alkyl halides is 3. The number of aromatic nitrogens is 2. The molecular weight excluding hydrogens is 627 g/mol. The first-order chi connectivity index (χ1) is 21.3. The van der Waals surface area contributed by atoms with E-state index in [0.29, 0.717) is 22.2 Å². The van der Waals surface area contributed by atoms with Crippen molar-refractivity contribution in [3.63, 3.8) is 0 Å². The molecule has 0 unspecified atom stereocenters. The lowest BCUT2D eigenvalue weighted by Gasteiger charge is -2.31. The molecule has 236 valence electrons. The molecule has 2 aromatic heterocycles. The van der Waals surface area contributed by atoms with Gasteiger partial charge in [-0.1, -0.05) is 12.1 Å². The van der Waals surface area contributed by atoms with Gasteiger partial charge >= 0.3 is 12.1 Å². The van der Waals surface area contributed by atoms with Crippen LogP contribution in [-0.2, 0) is 14.8 Å². The first kappa shape index (κ1) is 32.8. The van der Waals surface area contributed by atoms with Crippen molar-refractivity contribution in [2.75, 3.05) is 42.9 Å². The fourth-order valence-electron chi connectivity index (χ4n) is 4.45. The highest BCUT2D eigenvalue weighted by Crippen LogP contribution is 2.35. The molecule has 0 radical (unpaired) electrons. The summed E-state index contributed by atoms with van der Waals surface area (Å²) in [6.07, 6.45) is -2.03. The Kier molecular flexibility index (Phi) is 9.69. The number of nitrogens with zero attached hydrogens (tertiary/aromatic N) is 4. The van der Waals surface area contributed by atoms with Crippen LogP contribution in [-0.4, -0.2) is 68.9 Å². The van der Waals surface area contributed by atoms with Crippen LogP contribution in [0.15, 0.2) is 59.8 Å². The lowest BCUT2D eigenvalue weighted by molar-refractivity contribution is -0.192. The van der Waals surface area contributed by atoms with Gasteiger partial charge in [0.2, 0.25) is 5.88 Å².